The largest absolute Gasteiger partial charge is 0.508 e. The highest BCUT2D eigenvalue weighted by molar-refractivity contribution is 5.84. The number of phenols is 2. The molecular weight excluding hydrogens is 384 g/mol. The molecule has 6 nitrogen and oxygen atoms in total. The minimum atomic E-state index is -1.63. The summed E-state index contributed by atoms with van der Waals surface area (Å²) in [5, 5.41) is 38.9. The molecule has 1 aliphatic carbocycles. The molecule has 1 aliphatic rings. The molecular formula is C24H26O6. The Bertz CT molecular complexity index is 987. The van der Waals surface area contributed by atoms with Crippen LogP contribution >= 0.6 is 0 Å². The van der Waals surface area contributed by atoms with Gasteiger partial charge in [-0.1, -0.05) is 36.9 Å². The maximum Gasteiger partial charge on any atom is 0.150 e. The molecule has 0 spiro atoms. The number of aliphatic hydroxyl groups is 1. The van der Waals surface area contributed by atoms with Crippen LogP contribution in [0.5, 0.6) is 11.5 Å². The van der Waals surface area contributed by atoms with Gasteiger partial charge in [-0.15, -0.1) is 0 Å². The summed E-state index contributed by atoms with van der Waals surface area (Å²) in [6.45, 7) is 7.65. The molecule has 3 rings (SSSR count). The van der Waals surface area contributed by atoms with Crippen molar-refractivity contribution >= 4 is 12.4 Å². The zero-order valence-corrected chi connectivity index (χ0v) is 17.0. The van der Waals surface area contributed by atoms with Crippen molar-refractivity contribution in [2.45, 2.75) is 25.9 Å². The van der Waals surface area contributed by atoms with E-state index in [0.29, 0.717) is 46.4 Å². The predicted octanol–water partition coefficient (Wildman–Crippen LogP) is 4.24. The van der Waals surface area contributed by atoms with E-state index in [1.165, 1.54) is 18.2 Å². The van der Waals surface area contributed by atoms with E-state index in [0.717, 1.165) is 6.29 Å². The first-order chi connectivity index (χ1) is 14.3. The van der Waals surface area contributed by atoms with Crippen LogP contribution in [-0.2, 0) is 15.3 Å². The monoisotopic (exact) mass is 410 g/mol. The van der Waals surface area contributed by atoms with Crippen LogP contribution in [0.25, 0.3) is 6.08 Å². The van der Waals surface area contributed by atoms with Gasteiger partial charge in [0.2, 0.25) is 0 Å². The molecule has 0 bridgehead atoms. The van der Waals surface area contributed by atoms with Gasteiger partial charge in [0, 0.05) is 11.1 Å². The van der Waals surface area contributed by atoms with E-state index in [9.17, 15) is 20.1 Å². The SMILES string of the molecule is C=Cc1cc(O)ccc1C(O)(C1=CCC=C1C=O)c1ccc(O)cc1C.CCOO. The molecule has 1 unspecified atom stereocenters. The summed E-state index contributed by atoms with van der Waals surface area (Å²) in [4.78, 5) is 15.1. The highest BCUT2D eigenvalue weighted by atomic mass is 17.1. The van der Waals surface area contributed by atoms with Crippen LogP contribution in [0.3, 0.4) is 0 Å². The van der Waals surface area contributed by atoms with Gasteiger partial charge in [0.1, 0.15) is 23.4 Å². The van der Waals surface area contributed by atoms with Crippen molar-refractivity contribution in [3.05, 3.63) is 88.5 Å². The van der Waals surface area contributed by atoms with E-state index in [1.54, 1.807) is 44.2 Å². The average Bonchev–Trinajstić information content (AvgIpc) is 3.22. The van der Waals surface area contributed by atoms with E-state index < -0.39 is 5.60 Å². The maximum atomic E-state index is 12.0. The Labute approximate surface area is 175 Å². The van der Waals surface area contributed by atoms with Gasteiger partial charge >= 0.3 is 0 Å². The fourth-order valence-electron chi connectivity index (χ4n) is 3.54. The summed E-state index contributed by atoms with van der Waals surface area (Å²) in [5.74, 6) is 0.148. The second-order valence-corrected chi connectivity index (χ2v) is 6.73. The number of carbonyl (C=O) groups excluding carboxylic acids is 1. The second kappa shape index (κ2) is 10.0. The number of aromatic hydroxyl groups is 2. The molecule has 6 heteroatoms. The summed E-state index contributed by atoms with van der Waals surface area (Å²) in [5.41, 5.74) is 1.55. The first-order valence-corrected chi connectivity index (χ1v) is 9.44. The third-order valence-electron chi connectivity index (χ3n) is 4.86. The average molecular weight is 410 g/mol. The van der Waals surface area contributed by atoms with Crippen LogP contribution in [-0.4, -0.2) is 33.5 Å². The molecule has 0 heterocycles. The highest BCUT2D eigenvalue weighted by Gasteiger charge is 2.40. The highest BCUT2D eigenvalue weighted by Crippen LogP contribution is 2.45. The number of rotatable bonds is 6. The number of allylic oxidation sites excluding steroid dienone is 2. The number of hydrogen-bond acceptors (Lipinski definition) is 6. The van der Waals surface area contributed by atoms with Crippen LogP contribution in [0.4, 0.5) is 0 Å². The number of aryl methyl sites for hydroxylation is 1. The molecule has 158 valence electrons. The van der Waals surface area contributed by atoms with Crippen LogP contribution in [0, 0.1) is 6.92 Å². The minimum absolute atomic E-state index is 0.0555. The smallest absolute Gasteiger partial charge is 0.150 e. The number of carbonyl (C=O) groups is 1. The summed E-state index contributed by atoms with van der Waals surface area (Å²) < 4.78 is 0. The lowest BCUT2D eigenvalue weighted by atomic mass is 9.75. The lowest BCUT2D eigenvalue weighted by Gasteiger charge is -2.34. The third kappa shape index (κ3) is 4.52. The Morgan fingerprint density at radius 3 is 2.23 bits per heavy atom. The quantitative estimate of drug-likeness (QED) is 0.322. The summed E-state index contributed by atoms with van der Waals surface area (Å²) in [6, 6.07) is 9.34. The Morgan fingerprint density at radius 2 is 1.70 bits per heavy atom. The standard InChI is InChI=1S/C22H20O4.C2H6O2/c1-3-15-12-18(25)8-10-21(15)22(26,20-6-4-5-16(20)13-23)19-9-7-17(24)11-14(19)2;1-2-4-3/h3,5-13,24-26H,1,4H2,2H3;3H,2H2,1H3. The molecule has 30 heavy (non-hydrogen) atoms. The van der Waals surface area contributed by atoms with Crippen molar-refractivity contribution in [3.8, 4) is 11.5 Å². The lowest BCUT2D eigenvalue weighted by Crippen LogP contribution is -2.32. The van der Waals surface area contributed by atoms with Crippen LogP contribution < -0.4 is 0 Å². The number of hydrogen-bond donors (Lipinski definition) is 4. The van der Waals surface area contributed by atoms with Gasteiger partial charge in [-0.05, 0) is 66.8 Å². The first-order valence-electron chi connectivity index (χ1n) is 9.44. The Kier molecular flexibility index (Phi) is 7.72. The van der Waals surface area contributed by atoms with E-state index in [2.05, 4.69) is 11.5 Å². The van der Waals surface area contributed by atoms with E-state index in [1.807, 2.05) is 6.08 Å². The Hall–Kier alpha value is -3.19. The van der Waals surface area contributed by atoms with Crippen molar-refractivity contribution in [1.82, 2.24) is 0 Å². The van der Waals surface area contributed by atoms with Crippen LogP contribution in [0.2, 0.25) is 0 Å². The van der Waals surface area contributed by atoms with Gasteiger partial charge in [0.25, 0.3) is 0 Å². The van der Waals surface area contributed by atoms with Crippen LogP contribution in [0.1, 0.15) is 35.6 Å². The van der Waals surface area contributed by atoms with Crippen molar-refractivity contribution < 1.29 is 30.3 Å². The minimum Gasteiger partial charge on any atom is -0.508 e. The lowest BCUT2D eigenvalue weighted by molar-refractivity contribution is -0.237. The molecule has 4 N–H and O–H groups in total. The molecule has 0 aromatic heterocycles. The summed E-state index contributed by atoms with van der Waals surface area (Å²) >= 11 is 0. The van der Waals surface area contributed by atoms with E-state index in [-0.39, 0.29) is 11.5 Å². The normalized spacial score (nSPS) is 14.7. The van der Waals surface area contributed by atoms with Gasteiger partial charge in [-0.2, -0.15) is 0 Å². The number of phenolic OH excluding ortho intramolecular Hbond substituents is 2. The summed E-state index contributed by atoms with van der Waals surface area (Å²) in [7, 11) is 0. The van der Waals surface area contributed by atoms with E-state index in [4.69, 9.17) is 5.26 Å². The van der Waals surface area contributed by atoms with Crippen LogP contribution in [0.15, 0.2) is 66.3 Å². The van der Waals surface area contributed by atoms with Crippen molar-refractivity contribution in [1.29, 1.82) is 0 Å². The van der Waals surface area contributed by atoms with Gasteiger partial charge in [-0.3, -0.25) is 10.1 Å². The fourth-order valence-corrected chi connectivity index (χ4v) is 3.54. The third-order valence-corrected chi connectivity index (χ3v) is 4.86. The van der Waals surface area contributed by atoms with Gasteiger partial charge in [0.05, 0.1) is 6.61 Å². The molecule has 2 aromatic rings. The second-order valence-electron chi connectivity index (χ2n) is 6.73. The predicted molar refractivity (Wildman–Crippen MR) is 115 cm³/mol. The topological polar surface area (TPSA) is 107 Å². The fraction of sp³-hybridized carbons (Fsp3) is 0.208. The van der Waals surface area contributed by atoms with Gasteiger partial charge in [0.15, 0.2) is 0 Å². The number of aldehydes is 1. The number of benzene rings is 2. The Morgan fingerprint density at radius 1 is 1.10 bits per heavy atom. The van der Waals surface area contributed by atoms with Crippen molar-refractivity contribution in [2.75, 3.05) is 6.61 Å². The van der Waals surface area contributed by atoms with Crippen molar-refractivity contribution in [3.63, 3.8) is 0 Å². The van der Waals surface area contributed by atoms with Crippen molar-refractivity contribution in [2.24, 2.45) is 0 Å². The maximum absolute atomic E-state index is 12.0. The molecule has 0 radical (unpaired) electrons. The molecule has 2 aromatic carbocycles. The molecule has 0 saturated heterocycles. The zero-order valence-electron chi connectivity index (χ0n) is 17.0. The summed E-state index contributed by atoms with van der Waals surface area (Å²) in [6.07, 6.45) is 6.40. The van der Waals surface area contributed by atoms with Gasteiger partial charge in [-0.25, -0.2) is 4.89 Å². The molecule has 1 atom stereocenters. The molecule has 0 amide bonds. The molecule has 0 fully saturated rings. The van der Waals surface area contributed by atoms with Gasteiger partial charge < -0.3 is 15.3 Å². The zero-order chi connectivity index (χ0) is 22.3. The Balaban J connectivity index is 0.000000735. The first kappa shape index (κ1) is 23.1. The molecule has 0 saturated carbocycles. The van der Waals surface area contributed by atoms with E-state index >= 15 is 0 Å². The molecule has 0 aliphatic heterocycles.